The van der Waals surface area contributed by atoms with Crippen molar-refractivity contribution in [3.8, 4) is 0 Å². The van der Waals surface area contributed by atoms with Crippen LogP contribution in [0.2, 0.25) is 0 Å². The molecule has 0 amide bonds. The van der Waals surface area contributed by atoms with Crippen LogP contribution in [0.3, 0.4) is 0 Å². The Kier molecular flexibility index (Phi) is 17.0. The number of hydrogen-bond acceptors (Lipinski definition) is 4. The molecule has 5 heteroatoms. The molecule has 1 radical (unpaired) electrons. The molecule has 0 aromatic carbocycles. The number of aliphatic hydroxyl groups excluding tert-OH is 2. The van der Waals surface area contributed by atoms with E-state index in [0.29, 0.717) is 35.8 Å². The van der Waals surface area contributed by atoms with Crippen LogP contribution in [0.5, 0.6) is 0 Å². The minimum absolute atomic E-state index is 0. The van der Waals surface area contributed by atoms with E-state index in [1.165, 1.54) is 0 Å². The van der Waals surface area contributed by atoms with Crippen molar-refractivity contribution in [2.75, 3.05) is 0 Å². The number of rotatable bonds is 8. The van der Waals surface area contributed by atoms with Crippen molar-refractivity contribution < 1.29 is 36.9 Å². The van der Waals surface area contributed by atoms with E-state index >= 15 is 0 Å². The van der Waals surface area contributed by atoms with Crippen LogP contribution < -0.4 is 0 Å². The Balaban J connectivity index is -0.000000411. The first-order valence-corrected chi connectivity index (χ1v) is 9.58. The minimum Gasteiger partial charge on any atom is -0.512 e. The molecule has 0 rings (SSSR count). The molecule has 0 heterocycles. The Morgan fingerprint density at radius 1 is 0.630 bits per heavy atom. The van der Waals surface area contributed by atoms with Crippen molar-refractivity contribution in [3.05, 3.63) is 22.7 Å². The van der Waals surface area contributed by atoms with E-state index < -0.39 is 0 Å². The zero-order valence-corrected chi connectivity index (χ0v) is 19.7. The second kappa shape index (κ2) is 14.9. The summed E-state index contributed by atoms with van der Waals surface area (Å²) in [6.45, 7) is 18.9. The first-order chi connectivity index (χ1) is 11.7. The second-order valence-corrected chi connectivity index (χ2v) is 8.37. The van der Waals surface area contributed by atoms with Gasteiger partial charge in [0.1, 0.15) is 11.5 Å². The number of ketones is 2. The van der Waals surface area contributed by atoms with E-state index in [9.17, 15) is 19.8 Å². The summed E-state index contributed by atoms with van der Waals surface area (Å²) in [7, 11) is 0. The van der Waals surface area contributed by atoms with Crippen LogP contribution in [0.15, 0.2) is 22.7 Å². The van der Waals surface area contributed by atoms with Crippen LogP contribution in [0.25, 0.3) is 0 Å². The number of carbonyl (C=O) groups excluding carboxylic acids is 2. The quantitative estimate of drug-likeness (QED) is 0.273. The smallest absolute Gasteiger partial charge is 0.162 e. The molecule has 27 heavy (non-hydrogen) atoms. The van der Waals surface area contributed by atoms with Crippen LogP contribution in [-0.2, 0) is 26.7 Å². The van der Waals surface area contributed by atoms with Gasteiger partial charge in [-0.2, -0.15) is 0 Å². The number of aliphatic hydroxyl groups is 2. The summed E-state index contributed by atoms with van der Waals surface area (Å²) in [6, 6.07) is 0. The fourth-order valence-corrected chi connectivity index (χ4v) is 2.20. The van der Waals surface area contributed by atoms with Crippen LogP contribution in [0.4, 0.5) is 0 Å². The third kappa shape index (κ3) is 13.7. The Bertz CT molecular complexity index is 478. The van der Waals surface area contributed by atoms with Gasteiger partial charge in [-0.15, -0.1) is 0 Å². The van der Waals surface area contributed by atoms with Gasteiger partial charge in [0.2, 0.25) is 0 Å². The van der Waals surface area contributed by atoms with E-state index in [0.717, 1.165) is 0 Å². The SMILES string of the molecule is C/C(C(=O)CC(C)C)=C(/O)C(C)C.C/C(C(=O)CC(C)C)=C(/O)C(C)C.[Cu]. The van der Waals surface area contributed by atoms with Crippen molar-refractivity contribution in [1.82, 2.24) is 0 Å². The molecule has 0 fully saturated rings. The van der Waals surface area contributed by atoms with Crippen molar-refractivity contribution in [2.45, 2.75) is 82.1 Å². The molecule has 0 unspecified atom stereocenters. The molecule has 4 nitrogen and oxygen atoms in total. The van der Waals surface area contributed by atoms with Crippen molar-refractivity contribution in [3.63, 3.8) is 0 Å². The van der Waals surface area contributed by atoms with Crippen molar-refractivity contribution in [2.24, 2.45) is 23.7 Å². The standard InChI is InChI=1S/2C11H20O2.Cu/c2*1-7(2)6-10(12)9(5)11(13)8(3)4;/h2*7-8,13H,6H2,1-5H3;/b2*11-9-;. The molecule has 0 spiro atoms. The number of carbonyl (C=O) groups is 2. The molecular formula is C22H40CuO4. The van der Waals surface area contributed by atoms with Crippen molar-refractivity contribution >= 4 is 11.6 Å². The van der Waals surface area contributed by atoms with Gasteiger partial charge in [0.05, 0.1) is 0 Å². The largest absolute Gasteiger partial charge is 0.512 e. The van der Waals surface area contributed by atoms with E-state index in [4.69, 9.17) is 0 Å². The summed E-state index contributed by atoms with van der Waals surface area (Å²) >= 11 is 0. The molecular weight excluding hydrogens is 392 g/mol. The average molecular weight is 432 g/mol. The van der Waals surface area contributed by atoms with Gasteiger partial charge < -0.3 is 10.2 Å². The number of Topliss-reactive ketones (excluding diaryl/α,β-unsaturated/α-hetero) is 2. The summed E-state index contributed by atoms with van der Waals surface area (Å²) in [6.07, 6.45) is 1.03. The predicted octanol–water partition coefficient (Wildman–Crippen LogP) is 6.18. The van der Waals surface area contributed by atoms with Gasteiger partial charge in [-0.05, 0) is 25.7 Å². The Morgan fingerprint density at radius 3 is 1.00 bits per heavy atom. The third-order valence-electron chi connectivity index (χ3n) is 3.89. The van der Waals surface area contributed by atoms with Gasteiger partial charge in [0, 0.05) is 52.9 Å². The van der Waals surface area contributed by atoms with Gasteiger partial charge in [0.25, 0.3) is 0 Å². The van der Waals surface area contributed by atoms with Gasteiger partial charge in [0.15, 0.2) is 11.6 Å². The maximum Gasteiger partial charge on any atom is 0.162 e. The molecule has 0 atom stereocenters. The zero-order valence-electron chi connectivity index (χ0n) is 18.7. The molecule has 0 aliphatic rings. The minimum atomic E-state index is 0. The predicted molar refractivity (Wildman–Crippen MR) is 109 cm³/mol. The molecule has 0 saturated carbocycles. The van der Waals surface area contributed by atoms with Gasteiger partial charge in [-0.25, -0.2) is 0 Å². The van der Waals surface area contributed by atoms with Crippen LogP contribution in [0, 0.1) is 23.7 Å². The number of allylic oxidation sites excluding steroid dienone is 4. The van der Waals surface area contributed by atoms with Gasteiger partial charge in [-0.3, -0.25) is 9.59 Å². The maximum atomic E-state index is 11.5. The monoisotopic (exact) mass is 431 g/mol. The van der Waals surface area contributed by atoms with E-state index in [1.54, 1.807) is 13.8 Å². The maximum absolute atomic E-state index is 11.5. The van der Waals surface area contributed by atoms with Crippen LogP contribution in [0.1, 0.15) is 82.1 Å². The topological polar surface area (TPSA) is 74.6 Å². The molecule has 0 aromatic rings. The molecule has 163 valence electrons. The first kappa shape index (κ1) is 30.7. The third-order valence-corrected chi connectivity index (χ3v) is 3.89. The summed E-state index contributed by atoms with van der Waals surface area (Å²) < 4.78 is 0. The Labute approximate surface area is 177 Å². The summed E-state index contributed by atoms with van der Waals surface area (Å²) in [5.41, 5.74) is 1.03. The second-order valence-electron chi connectivity index (χ2n) is 8.37. The fraction of sp³-hybridized carbons (Fsp3) is 0.727. The summed E-state index contributed by atoms with van der Waals surface area (Å²) in [4.78, 5) is 23.0. The Morgan fingerprint density at radius 2 is 0.852 bits per heavy atom. The molecule has 2 N–H and O–H groups in total. The van der Waals surface area contributed by atoms with E-state index in [1.807, 2.05) is 55.4 Å². The van der Waals surface area contributed by atoms with Gasteiger partial charge in [-0.1, -0.05) is 55.4 Å². The summed E-state index contributed by atoms with van der Waals surface area (Å²) in [5, 5.41) is 19.1. The van der Waals surface area contributed by atoms with Crippen LogP contribution >= 0.6 is 0 Å². The number of hydrogen-bond donors (Lipinski definition) is 2. The molecule has 0 bridgehead atoms. The normalized spacial score (nSPS) is 13.0. The molecule has 0 aromatic heterocycles. The zero-order chi connectivity index (χ0) is 21.2. The fourth-order valence-electron chi connectivity index (χ4n) is 2.20. The molecule has 0 aliphatic carbocycles. The average Bonchev–Trinajstić information content (AvgIpc) is 2.50. The van der Waals surface area contributed by atoms with Gasteiger partial charge >= 0.3 is 0 Å². The molecule has 0 saturated heterocycles. The first-order valence-electron chi connectivity index (χ1n) is 9.58. The van der Waals surface area contributed by atoms with Crippen LogP contribution in [-0.4, -0.2) is 21.8 Å². The molecule has 0 aliphatic heterocycles. The summed E-state index contributed by atoms with van der Waals surface area (Å²) in [5.74, 6) is 1.34. The van der Waals surface area contributed by atoms with Crippen molar-refractivity contribution in [1.29, 1.82) is 0 Å². The van der Waals surface area contributed by atoms with E-state index in [-0.39, 0.29) is 52.0 Å². The Hall–Kier alpha value is -1.06. The van der Waals surface area contributed by atoms with E-state index in [2.05, 4.69) is 0 Å².